The third-order valence-corrected chi connectivity index (χ3v) is 3.87. The zero-order valence-electron chi connectivity index (χ0n) is 6.73. The molecule has 0 N–H and O–H groups in total. The van der Waals surface area contributed by atoms with E-state index in [0.29, 0.717) is 0 Å². The lowest BCUT2D eigenvalue weighted by Gasteiger charge is -2.09. The van der Waals surface area contributed by atoms with E-state index in [1.54, 1.807) is 14.2 Å². The molecular weight excluding hydrogens is 335 g/mol. The first-order chi connectivity index (χ1) is 5.70. The Morgan fingerprint density at radius 3 is 2.42 bits per heavy atom. The zero-order valence-corrected chi connectivity index (χ0v) is 10.5. The second-order valence-corrected chi connectivity index (χ2v) is 4.05. The molecule has 66 valence electrons. The second-order valence-electron chi connectivity index (χ2n) is 2.10. The highest BCUT2D eigenvalue weighted by Gasteiger charge is 2.09. The van der Waals surface area contributed by atoms with E-state index in [0.717, 1.165) is 19.5 Å². The highest BCUT2D eigenvalue weighted by molar-refractivity contribution is 14.1. The fourth-order valence-electron chi connectivity index (χ4n) is 0.865. The SMILES string of the molecule is COc1ccc(I)c(Br)c1OC. The van der Waals surface area contributed by atoms with Crippen molar-refractivity contribution in [2.24, 2.45) is 0 Å². The Bertz CT molecular complexity index is 289. The summed E-state index contributed by atoms with van der Waals surface area (Å²) < 4.78 is 12.3. The maximum Gasteiger partial charge on any atom is 0.175 e. The molecule has 0 bridgehead atoms. The van der Waals surface area contributed by atoms with Gasteiger partial charge in [-0.3, -0.25) is 0 Å². The van der Waals surface area contributed by atoms with Crippen molar-refractivity contribution in [3.8, 4) is 11.5 Å². The lowest BCUT2D eigenvalue weighted by Crippen LogP contribution is -1.92. The largest absolute Gasteiger partial charge is 0.493 e. The summed E-state index contributed by atoms with van der Waals surface area (Å²) in [5.74, 6) is 1.48. The lowest BCUT2D eigenvalue weighted by molar-refractivity contribution is 0.353. The second kappa shape index (κ2) is 4.32. The summed E-state index contributed by atoms with van der Waals surface area (Å²) in [6, 6.07) is 3.84. The molecule has 0 aromatic heterocycles. The van der Waals surface area contributed by atoms with Crippen molar-refractivity contribution in [2.45, 2.75) is 0 Å². The number of hydrogen-bond donors (Lipinski definition) is 0. The van der Waals surface area contributed by atoms with Crippen LogP contribution in [0.25, 0.3) is 0 Å². The summed E-state index contributed by atoms with van der Waals surface area (Å²) >= 11 is 5.64. The van der Waals surface area contributed by atoms with E-state index in [1.807, 2.05) is 12.1 Å². The lowest BCUT2D eigenvalue weighted by atomic mass is 10.3. The molecule has 2 nitrogen and oxygen atoms in total. The molecule has 0 fully saturated rings. The van der Waals surface area contributed by atoms with Crippen molar-refractivity contribution >= 4 is 38.5 Å². The predicted molar refractivity (Wildman–Crippen MR) is 60.0 cm³/mol. The van der Waals surface area contributed by atoms with E-state index in [9.17, 15) is 0 Å². The minimum Gasteiger partial charge on any atom is -0.493 e. The minimum absolute atomic E-state index is 0.740. The van der Waals surface area contributed by atoms with Gasteiger partial charge in [0.25, 0.3) is 0 Å². The molecule has 1 aromatic carbocycles. The van der Waals surface area contributed by atoms with Crippen LogP contribution in [0.1, 0.15) is 0 Å². The van der Waals surface area contributed by atoms with Gasteiger partial charge in [-0.05, 0) is 50.7 Å². The first kappa shape index (κ1) is 10.1. The molecule has 0 spiro atoms. The molecule has 0 aliphatic carbocycles. The normalized spacial score (nSPS) is 9.67. The van der Waals surface area contributed by atoms with Gasteiger partial charge in [0.15, 0.2) is 11.5 Å². The van der Waals surface area contributed by atoms with Gasteiger partial charge in [0, 0.05) is 3.57 Å². The van der Waals surface area contributed by atoms with Gasteiger partial charge in [-0.1, -0.05) is 0 Å². The predicted octanol–water partition coefficient (Wildman–Crippen LogP) is 3.07. The van der Waals surface area contributed by atoms with Crippen molar-refractivity contribution in [1.29, 1.82) is 0 Å². The number of methoxy groups -OCH3 is 2. The third-order valence-electron chi connectivity index (χ3n) is 1.44. The molecule has 0 atom stereocenters. The molecule has 0 aliphatic heterocycles. The Morgan fingerprint density at radius 1 is 1.25 bits per heavy atom. The van der Waals surface area contributed by atoms with Crippen LogP contribution < -0.4 is 9.47 Å². The first-order valence-electron chi connectivity index (χ1n) is 3.26. The number of ether oxygens (including phenoxy) is 2. The van der Waals surface area contributed by atoms with Crippen LogP contribution in [-0.4, -0.2) is 14.2 Å². The van der Waals surface area contributed by atoms with Crippen LogP contribution in [0.4, 0.5) is 0 Å². The molecule has 0 saturated heterocycles. The van der Waals surface area contributed by atoms with Gasteiger partial charge < -0.3 is 9.47 Å². The van der Waals surface area contributed by atoms with Crippen molar-refractivity contribution in [2.75, 3.05) is 14.2 Å². The van der Waals surface area contributed by atoms with Crippen LogP contribution in [0.5, 0.6) is 11.5 Å². The van der Waals surface area contributed by atoms with E-state index in [2.05, 4.69) is 38.5 Å². The smallest absolute Gasteiger partial charge is 0.175 e. The van der Waals surface area contributed by atoms with Crippen molar-refractivity contribution in [3.05, 3.63) is 20.2 Å². The van der Waals surface area contributed by atoms with Gasteiger partial charge in [0.1, 0.15) is 0 Å². The van der Waals surface area contributed by atoms with Gasteiger partial charge in [0.2, 0.25) is 0 Å². The molecule has 1 aromatic rings. The standard InChI is InChI=1S/C8H8BrIO2/c1-11-6-4-3-5(10)7(9)8(6)12-2/h3-4H,1-2H3. The monoisotopic (exact) mass is 342 g/mol. The summed E-state index contributed by atoms with van der Waals surface area (Å²) in [6.45, 7) is 0. The van der Waals surface area contributed by atoms with Crippen molar-refractivity contribution in [1.82, 2.24) is 0 Å². The fraction of sp³-hybridized carbons (Fsp3) is 0.250. The number of rotatable bonds is 2. The summed E-state index contributed by atoms with van der Waals surface area (Å²) in [5, 5.41) is 0. The van der Waals surface area contributed by atoms with Crippen LogP contribution in [-0.2, 0) is 0 Å². The Hall–Kier alpha value is 0.0300. The maximum absolute atomic E-state index is 5.17. The van der Waals surface area contributed by atoms with E-state index in [1.165, 1.54) is 0 Å². The molecule has 1 rings (SSSR count). The molecule has 4 heteroatoms. The van der Waals surface area contributed by atoms with Gasteiger partial charge in [-0.2, -0.15) is 0 Å². The third kappa shape index (κ3) is 1.85. The van der Waals surface area contributed by atoms with E-state index in [-0.39, 0.29) is 0 Å². The summed E-state index contributed by atoms with van der Waals surface area (Å²) in [4.78, 5) is 0. The highest BCUT2D eigenvalue weighted by Crippen LogP contribution is 2.37. The Morgan fingerprint density at radius 2 is 1.92 bits per heavy atom. The molecule has 0 aliphatic rings. The summed E-state index contributed by atoms with van der Waals surface area (Å²) in [5.41, 5.74) is 0. The first-order valence-corrected chi connectivity index (χ1v) is 5.14. The topological polar surface area (TPSA) is 18.5 Å². The highest BCUT2D eigenvalue weighted by atomic mass is 127. The Labute approximate surface area is 93.5 Å². The maximum atomic E-state index is 5.17. The van der Waals surface area contributed by atoms with Crippen LogP contribution in [0, 0.1) is 3.57 Å². The molecule has 0 heterocycles. The average Bonchev–Trinajstić information content (AvgIpc) is 2.09. The number of benzene rings is 1. The van der Waals surface area contributed by atoms with Gasteiger partial charge >= 0.3 is 0 Å². The zero-order chi connectivity index (χ0) is 9.14. The Balaban J connectivity index is 3.25. The molecule has 0 unspecified atom stereocenters. The minimum atomic E-state index is 0.740. The van der Waals surface area contributed by atoms with Crippen LogP contribution in [0.15, 0.2) is 16.6 Å². The van der Waals surface area contributed by atoms with Crippen molar-refractivity contribution < 1.29 is 9.47 Å². The quantitative estimate of drug-likeness (QED) is 0.769. The number of halogens is 2. The van der Waals surface area contributed by atoms with E-state index >= 15 is 0 Å². The van der Waals surface area contributed by atoms with Gasteiger partial charge in [0.05, 0.1) is 18.7 Å². The molecule has 0 amide bonds. The van der Waals surface area contributed by atoms with Gasteiger partial charge in [-0.15, -0.1) is 0 Å². The van der Waals surface area contributed by atoms with E-state index in [4.69, 9.17) is 9.47 Å². The molecular formula is C8H8BrIO2. The summed E-state index contributed by atoms with van der Waals surface area (Å²) in [7, 11) is 3.25. The van der Waals surface area contributed by atoms with Crippen LogP contribution in [0.3, 0.4) is 0 Å². The number of hydrogen-bond acceptors (Lipinski definition) is 2. The van der Waals surface area contributed by atoms with Crippen LogP contribution >= 0.6 is 38.5 Å². The Kier molecular flexibility index (Phi) is 3.64. The summed E-state index contributed by atoms with van der Waals surface area (Å²) in [6.07, 6.45) is 0. The average molecular weight is 343 g/mol. The van der Waals surface area contributed by atoms with Crippen molar-refractivity contribution in [3.63, 3.8) is 0 Å². The van der Waals surface area contributed by atoms with Gasteiger partial charge in [-0.25, -0.2) is 0 Å². The molecule has 12 heavy (non-hydrogen) atoms. The molecule has 0 saturated carbocycles. The fourth-order valence-corrected chi connectivity index (χ4v) is 1.78. The van der Waals surface area contributed by atoms with Crippen LogP contribution in [0.2, 0.25) is 0 Å². The van der Waals surface area contributed by atoms with E-state index < -0.39 is 0 Å². The molecule has 0 radical (unpaired) electrons.